The zero-order valence-electron chi connectivity index (χ0n) is 15.7. The number of nitro groups is 1. The second-order valence-electron chi connectivity index (χ2n) is 6.33. The van der Waals surface area contributed by atoms with E-state index in [1.807, 2.05) is 31.2 Å². The van der Waals surface area contributed by atoms with Crippen molar-refractivity contribution < 1.29 is 24.4 Å². The van der Waals surface area contributed by atoms with Crippen molar-refractivity contribution in [3.8, 4) is 11.5 Å². The summed E-state index contributed by atoms with van der Waals surface area (Å²) in [5.41, 5.74) is 1.56. The first-order chi connectivity index (χ1) is 13.8. The maximum Gasteiger partial charge on any atom is 0.293 e. The zero-order valence-corrected chi connectivity index (χ0v) is 16.6. The summed E-state index contributed by atoms with van der Waals surface area (Å²) in [5, 5.41) is 21.1. The Morgan fingerprint density at radius 2 is 2.03 bits per heavy atom. The number of hydrogen-bond acceptors (Lipinski definition) is 7. The lowest BCUT2D eigenvalue weighted by molar-refractivity contribution is -0.385. The Labute approximate surface area is 170 Å². The Morgan fingerprint density at radius 1 is 1.28 bits per heavy atom. The van der Waals surface area contributed by atoms with E-state index in [0.717, 1.165) is 39.9 Å². The van der Waals surface area contributed by atoms with E-state index in [0.29, 0.717) is 0 Å². The number of rotatable bonds is 6. The Bertz CT molecular complexity index is 1030. The Morgan fingerprint density at radius 3 is 2.69 bits per heavy atom. The third-order valence-electron chi connectivity index (χ3n) is 4.18. The molecule has 0 unspecified atom stereocenters. The van der Waals surface area contributed by atoms with Crippen LogP contribution < -0.4 is 4.74 Å². The number of nitrogens with zero attached hydrogens (tertiary/aromatic N) is 2. The van der Waals surface area contributed by atoms with Crippen LogP contribution in [0, 0.1) is 17.0 Å². The van der Waals surface area contributed by atoms with Gasteiger partial charge in [-0.25, -0.2) is 0 Å². The van der Waals surface area contributed by atoms with Gasteiger partial charge in [0.25, 0.3) is 16.8 Å². The Balaban J connectivity index is 1.94. The molecule has 29 heavy (non-hydrogen) atoms. The van der Waals surface area contributed by atoms with Crippen molar-refractivity contribution >= 4 is 34.7 Å². The number of imide groups is 1. The van der Waals surface area contributed by atoms with Crippen molar-refractivity contribution in [2.24, 2.45) is 0 Å². The molecule has 2 aromatic rings. The molecule has 2 aromatic carbocycles. The summed E-state index contributed by atoms with van der Waals surface area (Å²) in [4.78, 5) is 36.8. The molecule has 1 aliphatic heterocycles. The molecule has 9 heteroatoms. The normalized spacial score (nSPS) is 15.2. The van der Waals surface area contributed by atoms with Gasteiger partial charge in [0.1, 0.15) is 0 Å². The largest absolute Gasteiger partial charge is 0.504 e. The summed E-state index contributed by atoms with van der Waals surface area (Å²) in [5.74, 6) is -0.916. The van der Waals surface area contributed by atoms with Gasteiger partial charge in [-0.3, -0.25) is 24.6 Å². The molecule has 1 aliphatic rings. The first kappa shape index (κ1) is 20.4. The van der Waals surface area contributed by atoms with Crippen molar-refractivity contribution in [3.05, 3.63) is 68.1 Å². The highest BCUT2D eigenvalue weighted by atomic mass is 32.2. The quantitative estimate of drug-likeness (QED) is 0.427. The third-order valence-corrected chi connectivity index (χ3v) is 5.09. The zero-order chi connectivity index (χ0) is 21.1. The second-order valence-corrected chi connectivity index (χ2v) is 7.32. The van der Waals surface area contributed by atoms with Gasteiger partial charge in [0.05, 0.1) is 29.0 Å². The lowest BCUT2D eigenvalue weighted by Crippen LogP contribution is -2.27. The minimum absolute atomic E-state index is 0.0312. The van der Waals surface area contributed by atoms with Gasteiger partial charge < -0.3 is 9.84 Å². The van der Waals surface area contributed by atoms with E-state index in [1.165, 1.54) is 6.08 Å². The summed E-state index contributed by atoms with van der Waals surface area (Å²) in [6.45, 7) is 3.91. The summed E-state index contributed by atoms with van der Waals surface area (Å²) >= 11 is 0.719. The maximum atomic E-state index is 12.7. The minimum Gasteiger partial charge on any atom is -0.504 e. The molecule has 0 aromatic heterocycles. The van der Waals surface area contributed by atoms with Crippen LogP contribution in [0.5, 0.6) is 11.5 Å². The number of non-ortho nitro benzene ring substituents is 1. The third kappa shape index (κ3) is 4.40. The lowest BCUT2D eigenvalue weighted by Gasteiger charge is -2.12. The smallest absolute Gasteiger partial charge is 0.293 e. The summed E-state index contributed by atoms with van der Waals surface area (Å²) < 4.78 is 5.24. The van der Waals surface area contributed by atoms with Crippen molar-refractivity contribution in [1.82, 2.24) is 4.90 Å². The van der Waals surface area contributed by atoms with Gasteiger partial charge in [-0.05, 0) is 37.2 Å². The van der Waals surface area contributed by atoms with Gasteiger partial charge in [-0.15, -0.1) is 0 Å². The van der Waals surface area contributed by atoms with E-state index in [4.69, 9.17) is 4.74 Å². The molecule has 0 atom stereocenters. The maximum absolute atomic E-state index is 12.7. The number of aromatic hydroxyl groups is 1. The van der Waals surface area contributed by atoms with Crippen LogP contribution in [-0.4, -0.2) is 32.7 Å². The lowest BCUT2D eigenvalue weighted by atomic mass is 10.1. The van der Waals surface area contributed by atoms with E-state index in [-0.39, 0.29) is 40.8 Å². The van der Waals surface area contributed by atoms with Crippen molar-refractivity contribution in [2.75, 3.05) is 6.61 Å². The van der Waals surface area contributed by atoms with Crippen LogP contribution in [0.4, 0.5) is 10.5 Å². The predicted molar refractivity (Wildman–Crippen MR) is 109 cm³/mol. The molecule has 0 aliphatic carbocycles. The summed E-state index contributed by atoms with van der Waals surface area (Å²) in [6, 6.07) is 9.70. The minimum atomic E-state index is -0.622. The number of aryl methyl sites for hydroxylation is 1. The highest BCUT2D eigenvalue weighted by molar-refractivity contribution is 8.18. The molecule has 1 saturated heterocycles. The Hall–Kier alpha value is -3.33. The van der Waals surface area contributed by atoms with Crippen LogP contribution in [0.2, 0.25) is 0 Å². The fraction of sp³-hybridized carbons (Fsp3) is 0.200. The number of ether oxygens (including phenoxy) is 1. The molecule has 0 saturated carbocycles. The van der Waals surface area contributed by atoms with Gasteiger partial charge >= 0.3 is 0 Å². The van der Waals surface area contributed by atoms with Crippen molar-refractivity contribution in [1.29, 1.82) is 0 Å². The molecule has 3 rings (SSSR count). The highest BCUT2D eigenvalue weighted by Gasteiger charge is 2.35. The van der Waals surface area contributed by atoms with Crippen molar-refractivity contribution in [3.63, 3.8) is 0 Å². The Kier molecular flexibility index (Phi) is 5.88. The number of phenols is 1. The fourth-order valence-electron chi connectivity index (χ4n) is 2.87. The molecule has 0 radical (unpaired) electrons. The van der Waals surface area contributed by atoms with Gasteiger partial charge in [-0.2, -0.15) is 0 Å². The van der Waals surface area contributed by atoms with E-state index < -0.39 is 16.1 Å². The molecule has 0 bridgehead atoms. The number of thioether (sulfide) groups is 1. The van der Waals surface area contributed by atoms with Crippen LogP contribution in [0.25, 0.3) is 6.08 Å². The summed E-state index contributed by atoms with van der Waals surface area (Å²) in [7, 11) is 0. The molecule has 1 N–H and O–H groups in total. The second kappa shape index (κ2) is 8.36. The van der Waals surface area contributed by atoms with Gasteiger partial charge in [0.15, 0.2) is 11.5 Å². The highest BCUT2D eigenvalue weighted by Crippen LogP contribution is 2.39. The molecule has 150 valence electrons. The van der Waals surface area contributed by atoms with E-state index in [1.54, 1.807) is 6.92 Å². The monoisotopic (exact) mass is 414 g/mol. The average molecular weight is 414 g/mol. The van der Waals surface area contributed by atoms with Gasteiger partial charge in [-0.1, -0.05) is 29.8 Å². The van der Waals surface area contributed by atoms with Crippen molar-refractivity contribution in [2.45, 2.75) is 20.4 Å². The number of carbonyl (C=O) groups is 2. The van der Waals surface area contributed by atoms with Crippen LogP contribution >= 0.6 is 11.8 Å². The number of benzene rings is 2. The molecule has 1 heterocycles. The van der Waals surface area contributed by atoms with Crippen LogP contribution in [-0.2, 0) is 11.3 Å². The molecule has 0 spiro atoms. The number of nitro benzene ring substituents is 1. The van der Waals surface area contributed by atoms with E-state index >= 15 is 0 Å². The van der Waals surface area contributed by atoms with Crippen LogP contribution in [0.15, 0.2) is 41.3 Å². The molecule has 8 nitrogen and oxygen atoms in total. The molecular weight excluding hydrogens is 396 g/mol. The van der Waals surface area contributed by atoms with Gasteiger partial charge in [0, 0.05) is 11.6 Å². The molecule has 2 amide bonds. The molecular formula is C20H18N2O6S. The number of phenolic OH excluding ortho intramolecular Hbond substituents is 1. The number of hydrogen-bond donors (Lipinski definition) is 1. The van der Waals surface area contributed by atoms with E-state index in [2.05, 4.69) is 0 Å². The SMILES string of the molecule is CCOc1cc([N+](=O)[O-])cc(/C=C2\SC(=O)N(Cc3cccc(C)c3)C2=O)c1O. The van der Waals surface area contributed by atoms with E-state index in [9.17, 15) is 24.8 Å². The van der Waals surface area contributed by atoms with Gasteiger partial charge in [0.2, 0.25) is 0 Å². The fourth-order valence-corrected chi connectivity index (χ4v) is 3.70. The van der Waals surface area contributed by atoms with Crippen LogP contribution in [0.3, 0.4) is 0 Å². The first-order valence-electron chi connectivity index (χ1n) is 8.75. The summed E-state index contributed by atoms with van der Waals surface area (Å²) in [6.07, 6.45) is 1.27. The molecule has 1 fully saturated rings. The predicted octanol–water partition coefficient (Wildman–Crippen LogP) is 4.24. The first-order valence-corrected chi connectivity index (χ1v) is 9.57. The number of carbonyl (C=O) groups excluding carboxylic acids is 2. The number of amides is 2. The standard InChI is InChI=1S/C20H18N2O6S/c1-3-28-16-10-15(22(26)27)8-14(18(16)23)9-17-19(24)21(20(25)29-17)11-13-6-4-5-12(2)7-13/h4-10,23H,3,11H2,1-2H3/b17-9-. The topological polar surface area (TPSA) is 110 Å². The van der Waals surface area contributed by atoms with Crippen LogP contribution in [0.1, 0.15) is 23.6 Å². The average Bonchev–Trinajstić information content (AvgIpc) is 2.92.